The van der Waals surface area contributed by atoms with Crippen LogP contribution < -0.4 is 4.90 Å². The maximum Gasteiger partial charge on any atom is 0.318 e. The van der Waals surface area contributed by atoms with Crippen molar-refractivity contribution in [1.29, 1.82) is 0 Å². The first-order valence-corrected chi connectivity index (χ1v) is 7.00. The molecule has 1 aromatic carbocycles. The van der Waals surface area contributed by atoms with Crippen LogP contribution in [-0.4, -0.2) is 36.5 Å². The minimum atomic E-state index is 0.524. The van der Waals surface area contributed by atoms with Crippen LogP contribution in [0.25, 0.3) is 11.5 Å². The number of anilines is 1. The van der Waals surface area contributed by atoms with E-state index < -0.39 is 0 Å². The van der Waals surface area contributed by atoms with Gasteiger partial charge < -0.3 is 14.1 Å². The summed E-state index contributed by atoms with van der Waals surface area (Å²) in [6.45, 7) is 7.37. The van der Waals surface area contributed by atoms with Crippen LogP contribution in [-0.2, 0) is 4.74 Å². The third-order valence-electron chi connectivity index (χ3n) is 3.52. The Hall–Kier alpha value is -1.88. The Balaban J connectivity index is 1.78. The molecule has 0 unspecified atom stereocenters. The molecule has 0 aliphatic carbocycles. The number of aromatic nitrogens is 2. The Kier molecular flexibility index (Phi) is 3.69. The van der Waals surface area contributed by atoms with E-state index in [9.17, 15) is 0 Å². The lowest BCUT2D eigenvalue weighted by Gasteiger charge is -2.24. The van der Waals surface area contributed by atoms with Crippen molar-refractivity contribution in [2.45, 2.75) is 19.8 Å². The van der Waals surface area contributed by atoms with Crippen molar-refractivity contribution in [2.24, 2.45) is 0 Å². The van der Waals surface area contributed by atoms with Crippen molar-refractivity contribution in [3.63, 3.8) is 0 Å². The van der Waals surface area contributed by atoms with Gasteiger partial charge in [0.05, 0.1) is 13.2 Å². The molecule has 5 nitrogen and oxygen atoms in total. The van der Waals surface area contributed by atoms with E-state index in [1.54, 1.807) is 0 Å². The van der Waals surface area contributed by atoms with Gasteiger partial charge in [0.25, 0.3) is 0 Å². The van der Waals surface area contributed by atoms with E-state index in [0.717, 1.165) is 18.7 Å². The average molecular weight is 273 g/mol. The number of rotatable bonds is 3. The number of hydrogen-bond acceptors (Lipinski definition) is 5. The lowest BCUT2D eigenvalue weighted by atomic mass is 10.0. The summed E-state index contributed by atoms with van der Waals surface area (Å²) in [5.41, 5.74) is 2.27. The van der Waals surface area contributed by atoms with Crippen LogP contribution in [0.5, 0.6) is 0 Å². The molecule has 1 fully saturated rings. The summed E-state index contributed by atoms with van der Waals surface area (Å²) >= 11 is 0. The van der Waals surface area contributed by atoms with Crippen molar-refractivity contribution in [2.75, 3.05) is 31.2 Å². The predicted molar refractivity (Wildman–Crippen MR) is 76.9 cm³/mol. The molecular formula is C15H19N3O2. The molecule has 1 aliphatic rings. The van der Waals surface area contributed by atoms with Crippen molar-refractivity contribution < 1.29 is 9.15 Å². The molecule has 2 heterocycles. The molecule has 0 spiro atoms. The maximum atomic E-state index is 5.76. The first-order valence-electron chi connectivity index (χ1n) is 7.00. The summed E-state index contributed by atoms with van der Waals surface area (Å²) in [6, 6.07) is 8.87. The standard InChI is InChI=1S/C15H19N3O2/c1-11(2)12-3-5-13(6-4-12)14-16-17-15(20-14)18-7-9-19-10-8-18/h3-6,11H,7-10H2,1-2H3. The molecule has 0 bridgehead atoms. The number of ether oxygens (including phenoxy) is 1. The van der Waals surface area contributed by atoms with Gasteiger partial charge in [0.15, 0.2) is 0 Å². The van der Waals surface area contributed by atoms with E-state index in [0.29, 0.717) is 31.0 Å². The van der Waals surface area contributed by atoms with E-state index in [4.69, 9.17) is 9.15 Å². The van der Waals surface area contributed by atoms with E-state index in [2.05, 4.69) is 41.1 Å². The van der Waals surface area contributed by atoms with Crippen molar-refractivity contribution >= 4 is 6.01 Å². The van der Waals surface area contributed by atoms with E-state index in [1.807, 2.05) is 12.1 Å². The Bertz CT molecular complexity index is 557. The molecule has 2 aromatic rings. The summed E-state index contributed by atoms with van der Waals surface area (Å²) in [6.07, 6.45) is 0. The second-order valence-corrected chi connectivity index (χ2v) is 5.27. The zero-order chi connectivity index (χ0) is 13.9. The Morgan fingerprint density at radius 1 is 1.05 bits per heavy atom. The second kappa shape index (κ2) is 5.63. The van der Waals surface area contributed by atoms with Crippen LogP contribution in [0.1, 0.15) is 25.3 Å². The van der Waals surface area contributed by atoms with Crippen molar-refractivity contribution in [1.82, 2.24) is 10.2 Å². The maximum absolute atomic E-state index is 5.76. The molecule has 106 valence electrons. The van der Waals surface area contributed by atoms with Crippen LogP contribution >= 0.6 is 0 Å². The quantitative estimate of drug-likeness (QED) is 0.860. The summed E-state index contributed by atoms with van der Waals surface area (Å²) < 4.78 is 11.1. The molecule has 0 amide bonds. The fourth-order valence-corrected chi connectivity index (χ4v) is 2.23. The molecule has 0 N–H and O–H groups in total. The zero-order valence-corrected chi connectivity index (χ0v) is 11.9. The molecule has 0 radical (unpaired) electrons. The van der Waals surface area contributed by atoms with Gasteiger partial charge in [0.2, 0.25) is 5.89 Å². The van der Waals surface area contributed by atoms with Crippen molar-refractivity contribution in [3.8, 4) is 11.5 Å². The van der Waals surface area contributed by atoms with Crippen LogP contribution in [0, 0.1) is 0 Å². The molecule has 1 aromatic heterocycles. The van der Waals surface area contributed by atoms with E-state index >= 15 is 0 Å². The summed E-state index contributed by atoms with van der Waals surface area (Å²) in [5.74, 6) is 1.09. The van der Waals surface area contributed by atoms with Crippen LogP contribution in [0.4, 0.5) is 6.01 Å². The number of hydrogen-bond donors (Lipinski definition) is 0. The molecular weight excluding hydrogens is 254 g/mol. The monoisotopic (exact) mass is 273 g/mol. The van der Waals surface area contributed by atoms with Gasteiger partial charge in [-0.3, -0.25) is 0 Å². The van der Waals surface area contributed by atoms with E-state index in [-0.39, 0.29) is 0 Å². The van der Waals surface area contributed by atoms with Crippen LogP contribution in [0.15, 0.2) is 28.7 Å². The molecule has 20 heavy (non-hydrogen) atoms. The SMILES string of the molecule is CC(C)c1ccc(-c2nnc(N3CCOCC3)o2)cc1. The minimum absolute atomic E-state index is 0.524. The fourth-order valence-electron chi connectivity index (χ4n) is 2.23. The molecule has 0 atom stereocenters. The molecule has 1 aliphatic heterocycles. The first-order chi connectivity index (χ1) is 9.74. The largest absolute Gasteiger partial charge is 0.403 e. The average Bonchev–Trinajstić information content (AvgIpc) is 2.98. The van der Waals surface area contributed by atoms with Gasteiger partial charge in [-0.1, -0.05) is 31.1 Å². The van der Waals surface area contributed by atoms with Gasteiger partial charge in [0, 0.05) is 18.7 Å². The molecule has 3 rings (SSSR count). The summed E-state index contributed by atoms with van der Waals surface area (Å²) in [4.78, 5) is 2.06. The highest BCUT2D eigenvalue weighted by atomic mass is 16.5. The van der Waals surface area contributed by atoms with Crippen LogP contribution in [0.3, 0.4) is 0 Å². The van der Waals surface area contributed by atoms with Gasteiger partial charge in [-0.05, 0) is 23.6 Å². The normalized spacial score (nSPS) is 15.8. The molecule has 0 saturated carbocycles. The second-order valence-electron chi connectivity index (χ2n) is 5.27. The minimum Gasteiger partial charge on any atom is -0.403 e. The zero-order valence-electron chi connectivity index (χ0n) is 11.9. The number of benzene rings is 1. The van der Waals surface area contributed by atoms with Gasteiger partial charge in [-0.2, -0.15) is 0 Å². The lowest BCUT2D eigenvalue weighted by molar-refractivity contribution is 0.120. The Morgan fingerprint density at radius 2 is 1.75 bits per heavy atom. The fraction of sp³-hybridized carbons (Fsp3) is 0.467. The van der Waals surface area contributed by atoms with Gasteiger partial charge in [-0.25, -0.2) is 0 Å². The van der Waals surface area contributed by atoms with Gasteiger partial charge in [-0.15, -0.1) is 5.10 Å². The third-order valence-corrected chi connectivity index (χ3v) is 3.52. The highest BCUT2D eigenvalue weighted by Gasteiger charge is 2.18. The highest BCUT2D eigenvalue weighted by molar-refractivity contribution is 5.54. The summed E-state index contributed by atoms with van der Waals surface area (Å²) in [7, 11) is 0. The third kappa shape index (κ3) is 2.67. The molecule has 5 heteroatoms. The summed E-state index contributed by atoms with van der Waals surface area (Å²) in [5, 5.41) is 8.26. The Morgan fingerprint density at radius 3 is 2.40 bits per heavy atom. The Labute approximate surface area is 118 Å². The van der Waals surface area contributed by atoms with Gasteiger partial charge >= 0.3 is 6.01 Å². The smallest absolute Gasteiger partial charge is 0.318 e. The molecule has 1 saturated heterocycles. The van der Waals surface area contributed by atoms with Crippen molar-refractivity contribution in [3.05, 3.63) is 29.8 Å². The van der Waals surface area contributed by atoms with Crippen LogP contribution in [0.2, 0.25) is 0 Å². The van der Waals surface area contributed by atoms with E-state index in [1.165, 1.54) is 5.56 Å². The number of morpholine rings is 1. The highest BCUT2D eigenvalue weighted by Crippen LogP contribution is 2.24. The first kappa shape index (κ1) is 13.1. The number of nitrogens with zero attached hydrogens (tertiary/aromatic N) is 3. The lowest BCUT2D eigenvalue weighted by Crippen LogP contribution is -2.36. The van der Waals surface area contributed by atoms with Gasteiger partial charge in [0.1, 0.15) is 0 Å². The topological polar surface area (TPSA) is 51.4 Å². The predicted octanol–water partition coefficient (Wildman–Crippen LogP) is 2.70.